The van der Waals surface area contributed by atoms with Crippen molar-refractivity contribution in [3.8, 4) is 0 Å². The number of rotatable bonds is 5. The molecular formula is C22H23N3O. The molecule has 1 amide bonds. The van der Waals surface area contributed by atoms with E-state index in [9.17, 15) is 4.79 Å². The van der Waals surface area contributed by atoms with Gasteiger partial charge in [-0.25, -0.2) is 4.98 Å². The fraction of sp³-hybridized carbons (Fsp3) is 0.273. The Balaban J connectivity index is 1.35. The van der Waals surface area contributed by atoms with E-state index in [0.29, 0.717) is 6.54 Å². The number of aromatic nitrogens is 2. The fourth-order valence-electron chi connectivity index (χ4n) is 3.51. The van der Waals surface area contributed by atoms with Crippen LogP contribution in [0.15, 0.2) is 61.2 Å². The Morgan fingerprint density at radius 2 is 1.77 bits per heavy atom. The summed E-state index contributed by atoms with van der Waals surface area (Å²) in [6.07, 6.45) is 10.3. The highest BCUT2D eigenvalue weighted by molar-refractivity contribution is 5.94. The minimum Gasteiger partial charge on any atom is -0.348 e. The first-order valence-electron chi connectivity index (χ1n) is 9.21. The maximum Gasteiger partial charge on any atom is 0.251 e. The lowest BCUT2D eigenvalue weighted by molar-refractivity contribution is 0.0951. The molecule has 0 atom stereocenters. The molecule has 0 saturated heterocycles. The van der Waals surface area contributed by atoms with Crippen LogP contribution >= 0.6 is 0 Å². The third kappa shape index (κ3) is 3.85. The number of benzene rings is 2. The van der Waals surface area contributed by atoms with Crippen LogP contribution in [0.25, 0.3) is 0 Å². The Hall–Kier alpha value is -2.88. The minimum atomic E-state index is 0.000801. The highest BCUT2D eigenvalue weighted by Gasteiger charge is 2.12. The van der Waals surface area contributed by atoms with Gasteiger partial charge >= 0.3 is 0 Å². The summed E-state index contributed by atoms with van der Waals surface area (Å²) in [6, 6.07) is 14.5. The van der Waals surface area contributed by atoms with E-state index in [4.69, 9.17) is 0 Å². The van der Waals surface area contributed by atoms with Gasteiger partial charge < -0.3 is 9.88 Å². The fourth-order valence-corrected chi connectivity index (χ4v) is 3.51. The van der Waals surface area contributed by atoms with Gasteiger partial charge in [-0.05, 0) is 60.1 Å². The molecule has 0 fully saturated rings. The zero-order valence-corrected chi connectivity index (χ0v) is 14.8. The van der Waals surface area contributed by atoms with E-state index in [1.807, 2.05) is 23.2 Å². The molecule has 0 radical (unpaired) electrons. The van der Waals surface area contributed by atoms with Crippen molar-refractivity contribution in [3.05, 3.63) is 89.0 Å². The number of nitrogens with one attached hydrogen (secondary N) is 1. The molecule has 1 aliphatic rings. The summed E-state index contributed by atoms with van der Waals surface area (Å²) in [4.78, 5) is 16.5. The molecule has 1 aromatic heterocycles. The number of carbonyl (C=O) groups excluding carboxylic acids is 1. The van der Waals surface area contributed by atoms with Gasteiger partial charge in [-0.1, -0.05) is 30.3 Å². The number of fused-ring (bicyclic) bond motifs is 1. The highest BCUT2D eigenvalue weighted by Crippen LogP contribution is 2.22. The third-order valence-electron chi connectivity index (χ3n) is 5.01. The van der Waals surface area contributed by atoms with Crippen LogP contribution in [0.4, 0.5) is 0 Å². The third-order valence-corrected chi connectivity index (χ3v) is 5.01. The Morgan fingerprint density at radius 1 is 1.00 bits per heavy atom. The van der Waals surface area contributed by atoms with E-state index in [2.05, 4.69) is 46.7 Å². The van der Waals surface area contributed by atoms with Gasteiger partial charge in [0, 0.05) is 31.0 Å². The van der Waals surface area contributed by atoms with Crippen LogP contribution in [0, 0.1) is 0 Å². The average molecular weight is 345 g/mol. The number of nitrogens with zero attached hydrogens (tertiary/aromatic N) is 2. The van der Waals surface area contributed by atoms with Crippen molar-refractivity contribution in [2.24, 2.45) is 0 Å². The highest BCUT2D eigenvalue weighted by atomic mass is 16.1. The molecular weight excluding hydrogens is 322 g/mol. The smallest absolute Gasteiger partial charge is 0.251 e. The lowest BCUT2D eigenvalue weighted by atomic mass is 9.90. The topological polar surface area (TPSA) is 46.9 Å². The summed E-state index contributed by atoms with van der Waals surface area (Å²) in [5, 5.41) is 3.03. The summed E-state index contributed by atoms with van der Waals surface area (Å²) in [6.45, 7) is 1.35. The zero-order chi connectivity index (χ0) is 17.8. The van der Waals surface area contributed by atoms with Crippen LogP contribution in [0.1, 0.15) is 45.5 Å². The van der Waals surface area contributed by atoms with E-state index >= 15 is 0 Å². The van der Waals surface area contributed by atoms with Crippen LogP contribution in [-0.4, -0.2) is 15.5 Å². The van der Waals surface area contributed by atoms with Crippen LogP contribution in [0.2, 0.25) is 0 Å². The standard InChI is InChI=1S/C22H23N3O/c26-22(21-10-9-19-3-1-2-4-20(19)13-21)24-14-17-5-7-18(8-6-17)15-25-12-11-23-16-25/h5-13,16H,1-4,14-15H2,(H,24,26). The number of amides is 1. The molecule has 0 spiro atoms. The molecule has 0 aliphatic heterocycles. The average Bonchev–Trinajstić information content (AvgIpc) is 3.20. The van der Waals surface area contributed by atoms with Crippen molar-refractivity contribution in [2.45, 2.75) is 38.8 Å². The van der Waals surface area contributed by atoms with E-state index < -0.39 is 0 Å². The van der Waals surface area contributed by atoms with Gasteiger partial charge in [0.25, 0.3) is 5.91 Å². The molecule has 1 heterocycles. The minimum absolute atomic E-state index is 0.000801. The van der Waals surface area contributed by atoms with Gasteiger partial charge in [0.2, 0.25) is 0 Å². The molecule has 26 heavy (non-hydrogen) atoms. The molecule has 4 rings (SSSR count). The molecule has 4 heteroatoms. The second-order valence-electron chi connectivity index (χ2n) is 6.92. The molecule has 1 aliphatic carbocycles. The van der Waals surface area contributed by atoms with Crippen molar-refractivity contribution in [1.82, 2.24) is 14.9 Å². The zero-order valence-electron chi connectivity index (χ0n) is 14.8. The van der Waals surface area contributed by atoms with Crippen LogP contribution < -0.4 is 5.32 Å². The SMILES string of the molecule is O=C(NCc1ccc(Cn2ccnc2)cc1)c1ccc2c(c1)CCCC2. The van der Waals surface area contributed by atoms with Gasteiger partial charge in [0.1, 0.15) is 0 Å². The normalized spacial score (nSPS) is 13.2. The number of aryl methyl sites for hydroxylation is 2. The molecule has 3 aromatic rings. The van der Waals surface area contributed by atoms with Crippen molar-refractivity contribution >= 4 is 5.91 Å². The summed E-state index contributed by atoms with van der Waals surface area (Å²) >= 11 is 0. The molecule has 132 valence electrons. The van der Waals surface area contributed by atoms with E-state index in [-0.39, 0.29) is 5.91 Å². The first-order valence-corrected chi connectivity index (χ1v) is 9.21. The van der Waals surface area contributed by atoms with Gasteiger partial charge in [0.15, 0.2) is 0 Å². The Labute approximate surface area is 153 Å². The van der Waals surface area contributed by atoms with Crippen LogP contribution in [-0.2, 0) is 25.9 Å². The van der Waals surface area contributed by atoms with E-state index in [1.165, 1.54) is 29.5 Å². The molecule has 0 saturated carbocycles. The Bertz CT molecular complexity index is 882. The van der Waals surface area contributed by atoms with Gasteiger partial charge in [-0.3, -0.25) is 4.79 Å². The maximum atomic E-state index is 12.5. The first-order chi connectivity index (χ1) is 12.8. The van der Waals surface area contributed by atoms with Crippen molar-refractivity contribution in [2.75, 3.05) is 0 Å². The monoisotopic (exact) mass is 345 g/mol. The molecule has 4 nitrogen and oxygen atoms in total. The summed E-state index contributed by atoms with van der Waals surface area (Å²) in [5.41, 5.74) is 5.83. The lowest BCUT2D eigenvalue weighted by Gasteiger charge is -2.16. The lowest BCUT2D eigenvalue weighted by Crippen LogP contribution is -2.23. The Morgan fingerprint density at radius 3 is 2.54 bits per heavy atom. The first kappa shape index (κ1) is 16.6. The number of hydrogen-bond donors (Lipinski definition) is 1. The van der Waals surface area contributed by atoms with Crippen molar-refractivity contribution in [3.63, 3.8) is 0 Å². The summed E-state index contributed by atoms with van der Waals surface area (Å²) in [5.74, 6) is 0.000801. The van der Waals surface area contributed by atoms with Crippen molar-refractivity contribution in [1.29, 1.82) is 0 Å². The quantitative estimate of drug-likeness (QED) is 0.766. The number of carbonyl (C=O) groups is 1. The van der Waals surface area contributed by atoms with Crippen LogP contribution in [0.3, 0.4) is 0 Å². The molecule has 0 unspecified atom stereocenters. The molecule has 1 N–H and O–H groups in total. The second kappa shape index (κ2) is 7.56. The predicted molar refractivity (Wildman–Crippen MR) is 102 cm³/mol. The van der Waals surface area contributed by atoms with E-state index in [1.54, 1.807) is 6.20 Å². The van der Waals surface area contributed by atoms with Crippen molar-refractivity contribution < 1.29 is 4.79 Å². The number of imidazole rings is 1. The van der Waals surface area contributed by atoms with Gasteiger partial charge in [-0.15, -0.1) is 0 Å². The maximum absolute atomic E-state index is 12.5. The predicted octanol–water partition coefficient (Wildman–Crippen LogP) is 3.74. The molecule has 2 aromatic carbocycles. The van der Waals surface area contributed by atoms with Crippen LogP contribution in [0.5, 0.6) is 0 Å². The Kier molecular flexibility index (Phi) is 4.82. The molecule has 0 bridgehead atoms. The number of hydrogen-bond acceptors (Lipinski definition) is 2. The second-order valence-corrected chi connectivity index (χ2v) is 6.92. The van der Waals surface area contributed by atoms with Gasteiger partial charge in [0.05, 0.1) is 6.33 Å². The summed E-state index contributed by atoms with van der Waals surface area (Å²) < 4.78 is 2.03. The summed E-state index contributed by atoms with van der Waals surface area (Å²) in [7, 11) is 0. The largest absolute Gasteiger partial charge is 0.348 e. The van der Waals surface area contributed by atoms with Gasteiger partial charge in [-0.2, -0.15) is 0 Å². The van der Waals surface area contributed by atoms with E-state index in [0.717, 1.165) is 30.5 Å².